The molecule has 0 unspecified atom stereocenters. The van der Waals surface area contributed by atoms with Crippen LogP contribution in [0.3, 0.4) is 0 Å². The maximum Gasteiger partial charge on any atom is 0.0857 e. The van der Waals surface area contributed by atoms with E-state index in [9.17, 15) is 0 Å². The molecule has 0 aliphatic carbocycles. The monoisotopic (exact) mass is 246 g/mol. The first-order chi connectivity index (χ1) is 8.54. The SMILES string of the molecule is CC[C@H]1O[C@@H](c2cccc(C)c2)[C@H](C)[C@@H](C)[C@@H]1C. The van der Waals surface area contributed by atoms with E-state index in [2.05, 4.69) is 58.9 Å². The van der Waals surface area contributed by atoms with Gasteiger partial charge in [0, 0.05) is 0 Å². The molecule has 0 spiro atoms. The third-order valence-corrected chi connectivity index (χ3v) is 4.82. The summed E-state index contributed by atoms with van der Waals surface area (Å²) in [5.41, 5.74) is 2.67. The standard InChI is InChI=1S/C17H26O/c1-6-16-13(4)12(3)14(5)17(18-16)15-9-7-8-11(2)10-15/h7-10,12-14,16-17H,6H2,1-5H3/t12-,13-,14+,16+,17+/m0/s1. The van der Waals surface area contributed by atoms with E-state index in [1.165, 1.54) is 11.1 Å². The number of benzene rings is 1. The van der Waals surface area contributed by atoms with Crippen molar-refractivity contribution in [2.45, 2.75) is 53.2 Å². The third-order valence-electron chi connectivity index (χ3n) is 4.82. The van der Waals surface area contributed by atoms with Gasteiger partial charge in [-0.05, 0) is 36.7 Å². The smallest absolute Gasteiger partial charge is 0.0857 e. The Morgan fingerprint density at radius 1 is 1.06 bits per heavy atom. The van der Waals surface area contributed by atoms with Crippen LogP contribution in [0.2, 0.25) is 0 Å². The van der Waals surface area contributed by atoms with Crippen molar-refractivity contribution in [2.24, 2.45) is 17.8 Å². The summed E-state index contributed by atoms with van der Waals surface area (Å²) in [5.74, 6) is 1.96. The second kappa shape index (κ2) is 5.44. The van der Waals surface area contributed by atoms with Crippen LogP contribution in [-0.4, -0.2) is 6.10 Å². The largest absolute Gasteiger partial charge is 0.370 e. The average molecular weight is 246 g/mol. The molecule has 1 aromatic rings. The van der Waals surface area contributed by atoms with Gasteiger partial charge in [0.1, 0.15) is 0 Å². The second-order valence-corrected chi connectivity index (χ2v) is 5.99. The highest BCUT2D eigenvalue weighted by molar-refractivity contribution is 5.25. The molecule has 1 aliphatic rings. The molecule has 18 heavy (non-hydrogen) atoms. The van der Waals surface area contributed by atoms with Crippen LogP contribution in [0, 0.1) is 24.7 Å². The highest BCUT2D eigenvalue weighted by atomic mass is 16.5. The Bertz CT molecular complexity index is 396. The first-order valence-electron chi connectivity index (χ1n) is 7.26. The van der Waals surface area contributed by atoms with Gasteiger partial charge in [0.05, 0.1) is 12.2 Å². The van der Waals surface area contributed by atoms with E-state index in [4.69, 9.17) is 4.74 Å². The van der Waals surface area contributed by atoms with Crippen molar-refractivity contribution in [2.75, 3.05) is 0 Å². The minimum atomic E-state index is 0.265. The summed E-state index contributed by atoms with van der Waals surface area (Å²) in [7, 11) is 0. The summed E-state index contributed by atoms with van der Waals surface area (Å²) in [6.45, 7) is 11.4. The Morgan fingerprint density at radius 3 is 2.39 bits per heavy atom. The van der Waals surface area contributed by atoms with Crippen molar-refractivity contribution < 1.29 is 4.74 Å². The van der Waals surface area contributed by atoms with Gasteiger partial charge in [-0.1, -0.05) is 57.5 Å². The van der Waals surface area contributed by atoms with Crippen molar-refractivity contribution in [3.8, 4) is 0 Å². The highest BCUT2D eigenvalue weighted by Gasteiger charge is 2.38. The fourth-order valence-corrected chi connectivity index (χ4v) is 3.23. The topological polar surface area (TPSA) is 9.23 Å². The van der Waals surface area contributed by atoms with Crippen molar-refractivity contribution in [3.63, 3.8) is 0 Å². The van der Waals surface area contributed by atoms with Crippen molar-refractivity contribution >= 4 is 0 Å². The Kier molecular flexibility index (Phi) is 4.11. The minimum absolute atomic E-state index is 0.265. The fourth-order valence-electron chi connectivity index (χ4n) is 3.23. The molecule has 0 N–H and O–H groups in total. The number of hydrogen-bond acceptors (Lipinski definition) is 1. The van der Waals surface area contributed by atoms with Crippen LogP contribution in [0.25, 0.3) is 0 Å². The van der Waals surface area contributed by atoms with Crippen LogP contribution in [0.5, 0.6) is 0 Å². The lowest BCUT2D eigenvalue weighted by Crippen LogP contribution is -2.40. The van der Waals surface area contributed by atoms with Gasteiger partial charge in [-0.2, -0.15) is 0 Å². The van der Waals surface area contributed by atoms with Crippen molar-refractivity contribution in [1.29, 1.82) is 0 Å². The van der Waals surface area contributed by atoms with Gasteiger partial charge in [0.2, 0.25) is 0 Å². The highest BCUT2D eigenvalue weighted by Crippen LogP contribution is 2.43. The second-order valence-electron chi connectivity index (χ2n) is 5.99. The molecule has 1 saturated heterocycles. The molecule has 0 bridgehead atoms. The molecule has 1 aromatic carbocycles. The van der Waals surface area contributed by atoms with Crippen LogP contribution < -0.4 is 0 Å². The van der Waals surface area contributed by atoms with E-state index in [1.807, 2.05) is 0 Å². The van der Waals surface area contributed by atoms with E-state index in [0.29, 0.717) is 23.9 Å². The van der Waals surface area contributed by atoms with E-state index in [1.54, 1.807) is 0 Å². The molecule has 1 nitrogen and oxygen atoms in total. The summed E-state index contributed by atoms with van der Waals surface area (Å²) in [4.78, 5) is 0. The molecule has 5 atom stereocenters. The molecule has 1 fully saturated rings. The van der Waals surface area contributed by atoms with E-state index in [0.717, 1.165) is 6.42 Å². The molecule has 0 aromatic heterocycles. The predicted molar refractivity (Wildman–Crippen MR) is 76.6 cm³/mol. The lowest BCUT2D eigenvalue weighted by atomic mass is 9.74. The fraction of sp³-hybridized carbons (Fsp3) is 0.647. The van der Waals surface area contributed by atoms with Crippen molar-refractivity contribution in [3.05, 3.63) is 35.4 Å². The van der Waals surface area contributed by atoms with Crippen LogP contribution in [-0.2, 0) is 4.74 Å². The molecule has 2 rings (SSSR count). The zero-order chi connectivity index (χ0) is 13.3. The maximum absolute atomic E-state index is 6.37. The molecule has 100 valence electrons. The van der Waals surface area contributed by atoms with Gasteiger partial charge in [0.15, 0.2) is 0 Å². The van der Waals surface area contributed by atoms with Crippen LogP contribution in [0.15, 0.2) is 24.3 Å². The van der Waals surface area contributed by atoms with Gasteiger partial charge in [-0.3, -0.25) is 0 Å². The Hall–Kier alpha value is -0.820. The number of rotatable bonds is 2. The molecule has 0 saturated carbocycles. The average Bonchev–Trinajstić information content (AvgIpc) is 2.36. The number of ether oxygens (including phenoxy) is 1. The van der Waals surface area contributed by atoms with Crippen molar-refractivity contribution in [1.82, 2.24) is 0 Å². The summed E-state index contributed by atoms with van der Waals surface area (Å²) < 4.78 is 6.37. The lowest BCUT2D eigenvalue weighted by molar-refractivity contribution is -0.136. The number of hydrogen-bond donors (Lipinski definition) is 0. The van der Waals surface area contributed by atoms with Crippen LogP contribution in [0.4, 0.5) is 0 Å². The lowest BCUT2D eigenvalue weighted by Gasteiger charge is -2.44. The molecule has 1 heterocycles. The maximum atomic E-state index is 6.37. The zero-order valence-corrected chi connectivity index (χ0v) is 12.3. The van der Waals surface area contributed by atoms with Gasteiger partial charge in [0.25, 0.3) is 0 Å². The molecule has 0 radical (unpaired) electrons. The van der Waals surface area contributed by atoms with Crippen LogP contribution >= 0.6 is 0 Å². The first kappa shape index (κ1) is 13.6. The van der Waals surface area contributed by atoms with Gasteiger partial charge < -0.3 is 4.74 Å². The predicted octanol–water partition coefficient (Wildman–Crippen LogP) is 4.75. The zero-order valence-electron chi connectivity index (χ0n) is 12.3. The van der Waals surface area contributed by atoms with Gasteiger partial charge in [-0.25, -0.2) is 0 Å². The summed E-state index contributed by atoms with van der Waals surface area (Å²) in [6, 6.07) is 8.78. The Balaban J connectivity index is 2.27. The molecule has 0 amide bonds. The number of aryl methyl sites for hydroxylation is 1. The minimum Gasteiger partial charge on any atom is -0.370 e. The Labute approximate surface area is 112 Å². The quantitative estimate of drug-likeness (QED) is 0.731. The Morgan fingerprint density at radius 2 is 1.78 bits per heavy atom. The summed E-state index contributed by atoms with van der Waals surface area (Å²) in [6.07, 6.45) is 1.78. The third kappa shape index (κ3) is 2.47. The molecule has 1 heteroatoms. The first-order valence-corrected chi connectivity index (χ1v) is 7.26. The van der Waals surface area contributed by atoms with E-state index in [-0.39, 0.29) is 6.10 Å². The van der Waals surface area contributed by atoms with Crippen LogP contribution in [0.1, 0.15) is 51.3 Å². The van der Waals surface area contributed by atoms with Gasteiger partial charge >= 0.3 is 0 Å². The summed E-state index contributed by atoms with van der Waals surface area (Å²) in [5, 5.41) is 0. The normalized spacial score (nSPS) is 36.6. The van der Waals surface area contributed by atoms with Gasteiger partial charge in [-0.15, -0.1) is 0 Å². The summed E-state index contributed by atoms with van der Waals surface area (Å²) >= 11 is 0. The molecular formula is C17H26O. The molecular weight excluding hydrogens is 220 g/mol. The molecule has 1 aliphatic heterocycles. The van der Waals surface area contributed by atoms with E-state index >= 15 is 0 Å². The van der Waals surface area contributed by atoms with E-state index < -0.39 is 0 Å².